The molecule has 0 aliphatic carbocycles. The first kappa shape index (κ1) is 29.2. The van der Waals surface area contributed by atoms with E-state index in [0.717, 1.165) is 18.6 Å². The molecule has 0 saturated heterocycles. The molecule has 0 saturated carbocycles. The molecule has 2 aromatic carbocycles. The number of hydrogen-bond acceptors (Lipinski definition) is 8. The Hall–Kier alpha value is -3.82. The molecule has 0 atom stereocenters. The number of carbonyl (C=O) groups excluding carboxylic acids is 1. The number of rotatable bonds is 9. The lowest BCUT2D eigenvalue weighted by molar-refractivity contribution is -0.144. The van der Waals surface area contributed by atoms with E-state index < -0.39 is 58.0 Å². The van der Waals surface area contributed by atoms with Gasteiger partial charge in [-0.1, -0.05) is 30.3 Å². The van der Waals surface area contributed by atoms with E-state index in [0.29, 0.717) is 35.2 Å². The lowest BCUT2D eigenvalue weighted by Crippen LogP contribution is -2.40. The van der Waals surface area contributed by atoms with Crippen LogP contribution in [-0.2, 0) is 45.0 Å². The first-order chi connectivity index (χ1) is 18.8. The van der Waals surface area contributed by atoms with Gasteiger partial charge in [0.2, 0.25) is 15.9 Å². The van der Waals surface area contributed by atoms with Crippen LogP contribution in [0.5, 0.6) is 0 Å². The Balaban J connectivity index is 1.70. The average Bonchev–Trinajstić information content (AvgIpc) is 3.28. The first-order valence-corrected chi connectivity index (χ1v) is 14.2. The Morgan fingerprint density at radius 2 is 1.80 bits per heavy atom. The average molecular weight is 597 g/mol. The van der Waals surface area contributed by atoms with Crippen LogP contribution in [0.3, 0.4) is 0 Å². The molecule has 4 rings (SSSR count). The molecule has 0 unspecified atom stereocenters. The van der Waals surface area contributed by atoms with Crippen LogP contribution in [0.25, 0.3) is 15.8 Å². The molecule has 1 amide bonds. The molecule has 15 heteroatoms. The second-order valence-electron chi connectivity index (χ2n) is 8.64. The van der Waals surface area contributed by atoms with E-state index in [9.17, 15) is 36.0 Å². The number of amides is 1. The Morgan fingerprint density at radius 1 is 1.10 bits per heavy atom. The van der Waals surface area contributed by atoms with E-state index in [1.165, 1.54) is 18.2 Å². The number of benzene rings is 2. The summed E-state index contributed by atoms with van der Waals surface area (Å²) in [7, 11) is -3.23. The molecule has 0 fully saturated rings. The van der Waals surface area contributed by atoms with Gasteiger partial charge in [-0.2, -0.15) is 17.5 Å². The maximum absolute atomic E-state index is 13.3. The molecule has 0 radical (unpaired) electrons. The van der Waals surface area contributed by atoms with Crippen molar-refractivity contribution in [3.8, 4) is 5.69 Å². The van der Waals surface area contributed by atoms with Crippen LogP contribution in [-0.4, -0.2) is 45.5 Å². The fourth-order valence-electron chi connectivity index (χ4n) is 3.95. The summed E-state index contributed by atoms with van der Waals surface area (Å²) in [6.45, 7) is 1.30. The molecule has 0 aliphatic heterocycles. The number of ether oxygens (including phenoxy) is 1. The highest BCUT2D eigenvalue weighted by Gasteiger charge is 2.35. The predicted molar refractivity (Wildman–Crippen MR) is 142 cm³/mol. The fraction of sp³-hybridized carbons (Fsp3) is 0.280. The minimum absolute atomic E-state index is 0.0383. The molecule has 0 aliphatic rings. The predicted octanol–water partition coefficient (Wildman–Crippen LogP) is 3.06. The summed E-state index contributed by atoms with van der Waals surface area (Å²) in [4.78, 5) is 38.5. The van der Waals surface area contributed by atoms with Gasteiger partial charge in [0.15, 0.2) is 0 Å². The molecule has 0 bridgehead atoms. The molecule has 212 valence electrons. The van der Waals surface area contributed by atoms with E-state index in [2.05, 4.69) is 4.37 Å². The number of alkyl halides is 3. The summed E-state index contributed by atoms with van der Waals surface area (Å²) in [5, 5.41) is 0.335. The molecule has 2 aromatic heterocycles. The highest BCUT2D eigenvalue weighted by Crippen LogP contribution is 2.28. The highest BCUT2D eigenvalue weighted by atomic mass is 32.2. The SMILES string of the molecule is CCOCN(C(=O)Cc1nsc2ccc(-n3c(=O)cc(C(F)(F)F)n(C)c3=O)cc12)S(=O)(=O)Cc1ccccc1. The van der Waals surface area contributed by atoms with Crippen molar-refractivity contribution in [3.63, 3.8) is 0 Å². The number of aromatic nitrogens is 3. The maximum atomic E-state index is 13.3. The van der Waals surface area contributed by atoms with Crippen LogP contribution >= 0.6 is 11.5 Å². The number of halogens is 3. The quantitative estimate of drug-likeness (QED) is 0.273. The van der Waals surface area contributed by atoms with Crippen molar-refractivity contribution in [1.82, 2.24) is 17.8 Å². The van der Waals surface area contributed by atoms with E-state index in [4.69, 9.17) is 4.74 Å². The topological polar surface area (TPSA) is 121 Å². The molecular weight excluding hydrogens is 573 g/mol. The highest BCUT2D eigenvalue weighted by molar-refractivity contribution is 7.88. The number of fused-ring (bicyclic) bond motifs is 1. The van der Waals surface area contributed by atoms with E-state index in [1.807, 2.05) is 0 Å². The standard InChI is InChI=1S/C25H23F3N4O6S2/c1-3-38-15-31(40(36,37)14-16-7-5-4-6-8-16)22(33)12-19-18-11-17(9-10-20(18)39-29-19)32-23(34)13-21(25(26,27)28)30(2)24(32)35/h4-11,13H,3,12,14-15H2,1-2H3. The molecule has 2 heterocycles. The van der Waals surface area contributed by atoms with Crippen molar-refractivity contribution in [2.24, 2.45) is 7.05 Å². The van der Waals surface area contributed by atoms with Gasteiger partial charge in [-0.05, 0) is 42.2 Å². The fourth-order valence-corrected chi connectivity index (χ4v) is 6.11. The van der Waals surface area contributed by atoms with Gasteiger partial charge in [0.05, 0.1) is 28.3 Å². The van der Waals surface area contributed by atoms with Crippen molar-refractivity contribution in [1.29, 1.82) is 0 Å². The van der Waals surface area contributed by atoms with Crippen molar-refractivity contribution in [3.05, 3.63) is 92.4 Å². The van der Waals surface area contributed by atoms with Crippen molar-refractivity contribution >= 4 is 37.5 Å². The molecular formula is C25H23F3N4O6S2. The summed E-state index contributed by atoms with van der Waals surface area (Å²) < 4.78 is 77.5. The summed E-state index contributed by atoms with van der Waals surface area (Å²) in [6, 6.07) is 12.9. The molecule has 10 nitrogen and oxygen atoms in total. The lowest BCUT2D eigenvalue weighted by atomic mass is 10.1. The first-order valence-electron chi connectivity index (χ1n) is 11.8. The van der Waals surface area contributed by atoms with E-state index in [1.54, 1.807) is 37.3 Å². The molecule has 0 N–H and O–H groups in total. The molecule has 4 aromatic rings. The summed E-state index contributed by atoms with van der Waals surface area (Å²) in [6.07, 6.45) is -5.36. The largest absolute Gasteiger partial charge is 0.431 e. The zero-order chi connectivity index (χ0) is 29.2. The zero-order valence-corrected chi connectivity index (χ0v) is 22.8. The minimum atomic E-state index is -4.91. The van der Waals surface area contributed by atoms with Crippen LogP contribution in [0.2, 0.25) is 0 Å². The second-order valence-corrected chi connectivity index (χ2v) is 11.3. The Labute approximate surface area is 230 Å². The van der Waals surface area contributed by atoms with Gasteiger partial charge in [-0.3, -0.25) is 14.2 Å². The summed E-state index contributed by atoms with van der Waals surface area (Å²) >= 11 is 0.996. The van der Waals surface area contributed by atoms with Gasteiger partial charge >= 0.3 is 11.9 Å². The third-order valence-electron chi connectivity index (χ3n) is 5.93. The zero-order valence-electron chi connectivity index (χ0n) is 21.2. The third kappa shape index (κ3) is 6.00. The van der Waals surface area contributed by atoms with Gasteiger partial charge < -0.3 is 4.74 Å². The number of hydrogen-bond donors (Lipinski definition) is 0. The van der Waals surface area contributed by atoms with Crippen LogP contribution < -0.4 is 11.2 Å². The minimum Gasteiger partial charge on any atom is -0.360 e. The second kappa shape index (κ2) is 11.3. The lowest BCUT2D eigenvalue weighted by Gasteiger charge is -2.22. The Morgan fingerprint density at radius 3 is 2.45 bits per heavy atom. The summed E-state index contributed by atoms with van der Waals surface area (Å²) in [5.74, 6) is -1.25. The van der Waals surface area contributed by atoms with Crippen molar-refractivity contribution < 1.29 is 31.1 Å². The van der Waals surface area contributed by atoms with Gasteiger partial charge in [-0.15, -0.1) is 0 Å². The van der Waals surface area contributed by atoms with Crippen molar-refractivity contribution in [2.45, 2.75) is 25.3 Å². The van der Waals surface area contributed by atoms with Crippen LogP contribution in [0, 0.1) is 0 Å². The summed E-state index contributed by atoms with van der Waals surface area (Å²) in [5.41, 5.74) is -3.19. The van der Waals surface area contributed by atoms with Gasteiger partial charge in [0, 0.05) is 25.1 Å². The van der Waals surface area contributed by atoms with Gasteiger partial charge in [0.1, 0.15) is 12.4 Å². The number of sulfonamides is 1. The van der Waals surface area contributed by atoms with Crippen LogP contribution in [0.1, 0.15) is 23.9 Å². The van der Waals surface area contributed by atoms with E-state index in [-0.39, 0.29) is 18.0 Å². The van der Waals surface area contributed by atoms with Crippen LogP contribution in [0.15, 0.2) is 64.2 Å². The normalized spacial score (nSPS) is 12.1. The van der Waals surface area contributed by atoms with Crippen LogP contribution in [0.4, 0.5) is 13.2 Å². The third-order valence-corrected chi connectivity index (χ3v) is 8.48. The monoisotopic (exact) mass is 596 g/mol. The van der Waals surface area contributed by atoms with Crippen molar-refractivity contribution in [2.75, 3.05) is 13.3 Å². The molecule has 0 spiro atoms. The molecule has 40 heavy (non-hydrogen) atoms. The Kier molecular flexibility index (Phi) is 8.28. The van der Waals surface area contributed by atoms with Gasteiger partial charge in [0.25, 0.3) is 5.56 Å². The smallest absolute Gasteiger partial charge is 0.360 e. The van der Waals surface area contributed by atoms with Gasteiger partial charge in [-0.25, -0.2) is 22.1 Å². The maximum Gasteiger partial charge on any atom is 0.431 e. The van der Waals surface area contributed by atoms with E-state index >= 15 is 0 Å². The Bertz CT molecular complexity index is 1780. The number of nitrogens with zero attached hydrogens (tertiary/aromatic N) is 4. The number of carbonyl (C=O) groups is 1.